The number of benzene rings is 9. The van der Waals surface area contributed by atoms with Crippen LogP contribution in [0.4, 0.5) is 22.7 Å². The predicted molar refractivity (Wildman–Crippen MR) is 363 cm³/mol. The van der Waals surface area contributed by atoms with Gasteiger partial charge in [0.15, 0.2) is 0 Å². The van der Waals surface area contributed by atoms with E-state index in [1.807, 2.05) is 0 Å². The molecule has 95 heavy (non-hydrogen) atoms. The molecule has 4 amide bonds. The molecule has 0 fully saturated rings. The van der Waals surface area contributed by atoms with Gasteiger partial charge < -0.3 is 69.8 Å². The Morgan fingerprint density at radius 1 is 0.316 bits per heavy atom. The zero-order valence-corrected chi connectivity index (χ0v) is 54.3. The van der Waals surface area contributed by atoms with E-state index in [0.29, 0.717) is 22.3 Å². The van der Waals surface area contributed by atoms with E-state index in [1.54, 1.807) is 121 Å². The van der Waals surface area contributed by atoms with Gasteiger partial charge in [-0.15, -0.1) is 0 Å². The number of hydrogen-bond acceptors (Lipinski definition) is 12. The van der Waals surface area contributed by atoms with E-state index in [-0.39, 0.29) is 67.3 Å². The van der Waals surface area contributed by atoms with E-state index in [4.69, 9.17) is 0 Å². The van der Waals surface area contributed by atoms with Crippen LogP contribution in [-0.4, -0.2) is 105 Å². The van der Waals surface area contributed by atoms with E-state index in [1.165, 1.54) is 123 Å². The zero-order chi connectivity index (χ0) is 69.1. The molecule has 0 heterocycles. The summed E-state index contributed by atoms with van der Waals surface area (Å²) in [7, 11) is 13.2. The standard InChI is InChI=1S/2C28H20N2O6.C17H30N.C4H12N/c2*31-25(17-7-3-1-4-8-17)29-19-11-13-21(23(15-19)27(33)34)22-14-12-20(16-24(22)28(35)36)30-26(32)18-9-5-2-6-10-18;1-4-5-6-7-8-12-15-18(2,3)16-17-13-10-9-11-14-17;1-5(2,3)4/h2*1-16H,(H,29,31)(H,30,32)(H,33,34)(H,35,36);9-11,13-14H,4-8,12,15-16H2,1-3H3;1-4H3/q;;2*+1/p-4. The van der Waals surface area contributed by atoms with E-state index in [2.05, 4.69) is 101 Å². The van der Waals surface area contributed by atoms with Gasteiger partial charge in [0.05, 0.1) is 72.7 Å². The molecule has 9 rings (SSSR count). The lowest BCUT2D eigenvalue weighted by atomic mass is 9.94. The Labute approximate surface area is 554 Å². The van der Waals surface area contributed by atoms with Crippen molar-refractivity contribution in [2.45, 2.75) is 52.0 Å². The molecular formula is C77H78N6O12-2. The number of quaternary nitrogens is 2. The Bertz CT molecular complexity index is 3630. The van der Waals surface area contributed by atoms with Crippen LogP contribution in [0.5, 0.6) is 0 Å². The third-order valence-electron chi connectivity index (χ3n) is 14.3. The van der Waals surface area contributed by atoms with Gasteiger partial charge >= 0.3 is 0 Å². The van der Waals surface area contributed by atoms with E-state index < -0.39 is 47.5 Å². The number of amides is 4. The summed E-state index contributed by atoms with van der Waals surface area (Å²) >= 11 is 0. The van der Waals surface area contributed by atoms with Crippen molar-refractivity contribution in [3.05, 3.63) is 275 Å². The van der Waals surface area contributed by atoms with Gasteiger partial charge in [-0.05, 0) is 132 Å². The van der Waals surface area contributed by atoms with Crippen molar-refractivity contribution in [2.24, 2.45) is 0 Å². The summed E-state index contributed by atoms with van der Waals surface area (Å²) in [6, 6.07) is 60.3. The number of anilines is 4. The summed E-state index contributed by atoms with van der Waals surface area (Å²) < 4.78 is 2.11. The number of nitrogens with zero attached hydrogens (tertiary/aromatic N) is 2. The first-order valence-electron chi connectivity index (χ1n) is 30.8. The summed E-state index contributed by atoms with van der Waals surface area (Å²) in [6.07, 6.45) is 8.35. The van der Waals surface area contributed by atoms with Gasteiger partial charge in [-0.3, -0.25) is 19.2 Å². The number of aromatic carboxylic acids is 4. The van der Waals surface area contributed by atoms with Crippen molar-refractivity contribution in [1.82, 2.24) is 0 Å². The van der Waals surface area contributed by atoms with Crippen molar-refractivity contribution in [3.8, 4) is 22.3 Å². The average Bonchev–Trinajstić information content (AvgIpc) is 0.804. The molecule has 0 bridgehead atoms. The zero-order valence-electron chi connectivity index (χ0n) is 54.3. The lowest BCUT2D eigenvalue weighted by Crippen LogP contribution is -2.39. The highest BCUT2D eigenvalue weighted by Gasteiger charge is 2.19. The van der Waals surface area contributed by atoms with Crippen LogP contribution in [0.2, 0.25) is 0 Å². The molecule has 0 aliphatic carbocycles. The van der Waals surface area contributed by atoms with Crippen molar-refractivity contribution in [1.29, 1.82) is 0 Å². The second kappa shape index (κ2) is 35.5. The number of unbranched alkanes of at least 4 members (excludes halogenated alkanes) is 5. The summed E-state index contributed by atoms with van der Waals surface area (Å²) in [5, 5.41) is 58.1. The molecule has 0 aromatic heterocycles. The van der Waals surface area contributed by atoms with Gasteiger partial charge in [-0.25, -0.2) is 0 Å². The molecule has 4 N–H and O–H groups in total. The molecular weight excluding hydrogens is 1200 g/mol. The molecule has 0 spiro atoms. The molecule has 18 heteroatoms. The molecule has 9 aromatic rings. The van der Waals surface area contributed by atoms with Crippen LogP contribution in [0.25, 0.3) is 22.3 Å². The Morgan fingerprint density at radius 2 is 0.547 bits per heavy atom. The van der Waals surface area contributed by atoms with Gasteiger partial charge in [0.2, 0.25) is 0 Å². The van der Waals surface area contributed by atoms with Crippen LogP contribution in [0.15, 0.2) is 224 Å². The van der Waals surface area contributed by atoms with Crippen LogP contribution in [0.3, 0.4) is 0 Å². The van der Waals surface area contributed by atoms with Gasteiger partial charge in [-0.2, -0.15) is 0 Å². The minimum Gasteiger partial charge on any atom is -0.545 e. The first-order chi connectivity index (χ1) is 45.3. The Morgan fingerprint density at radius 3 is 0.789 bits per heavy atom. The highest BCUT2D eigenvalue weighted by molar-refractivity contribution is 6.10. The first kappa shape index (κ1) is 72.7. The fourth-order valence-corrected chi connectivity index (χ4v) is 9.75. The maximum Gasteiger partial charge on any atom is 0.255 e. The largest absolute Gasteiger partial charge is 0.545 e. The summed E-state index contributed by atoms with van der Waals surface area (Å²) in [5.41, 5.74) is 2.60. The number of carboxylic acid groups (broad SMARTS) is 4. The lowest BCUT2D eigenvalue weighted by molar-refractivity contribution is -0.903. The predicted octanol–water partition coefficient (Wildman–Crippen LogP) is 10.1. The number of carboxylic acids is 4. The third-order valence-corrected chi connectivity index (χ3v) is 14.3. The summed E-state index contributed by atoms with van der Waals surface area (Å²) in [6.45, 7) is 4.72. The van der Waals surface area contributed by atoms with Crippen LogP contribution >= 0.6 is 0 Å². The molecule has 0 radical (unpaired) electrons. The van der Waals surface area contributed by atoms with Gasteiger partial charge in [0.25, 0.3) is 23.6 Å². The van der Waals surface area contributed by atoms with Gasteiger partial charge in [-0.1, -0.05) is 160 Å². The molecule has 0 saturated carbocycles. The molecule has 0 saturated heterocycles. The third kappa shape index (κ3) is 23.7. The van der Waals surface area contributed by atoms with E-state index in [9.17, 15) is 58.8 Å². The molecule has 490 valence electrons. The molecule has 0 unspecified atom stereocenters. The number of carbonyl (C=O) groups excluding carboxylic acids is 8. The highest BCUT2D eigenvalue weighted by Crippen LogP contribution is 2.33. The maximum absolute atomic E-state index is 12.4. The number of rotatable bonds is 23. The molecule has 9 aromatic carbocycles. The van der Waals surface area contributed by atoms with E-state index in [0.717, 1.165) is 15.5 Å². The maximum atomic E-state index is 12.4. The average molecular weight is 1280 g/mol. The topological polar surface area (TPSA) is 277 Å². The van der Waals surface area contributed by atoms with Crippen molar-refractivity contribution in [2.75, 3.05) is 70.1 Å². The normalized spacial score (nSPS) is 10.7. The lowest BCUT2D eigenvalue weighted by Gasteiger charge is -2.30. The Kier molecular flexibility index (Phi) is 27.2. The van der Waals surface area contributed by atoms with Crippen molar-refractivity contribution >= 4 is 70.3 Å². The second-order valence-electron chi connectivity index (χ2n) is 24.2. The molecule has 0 aliphatic heterocycles. The second-order valence-corrected chi connectivity index (χ2v) is 24.2. The minimum atomic E-state index is -1.56. The van der Waals surface area contributed by atoms with Crippen molar-refractivity contribution < 1.29 is 67.7 Å². The van der Waals surface area contributed by atoms with Crippen LogP contribution < -0.4 is 41.7 Å². The van der Waals surface area contributed by atoms with Crippen LogP contribution in [0.1, 0.15) is 134 Å². The minimum absolute atomic E-state index is 0.0489. The van der Waals surface area contributed by atoms with Gasteiger partial charge in [0.1, 0.15) is 6.54 Å². The Balaban J connectivity index is 0.000000229. The number of carbonyl (C=O) groups is 8. The quantitative estimate of drug-likeness (QED) is 0.0344. The molecule has 0 aliphatic rings. The number of nitrogens with one attached hydrogen (secondary N) is 4. The van der Waals surface area contributed by atoms with Crippen molar-refractivity contribution in [3.63, 3.8) is 0 Å². The van der Waals surface area contributed by atoms with Crippen LogP contribution in [0, 0.1) is 0 Å². The fourth-order valence-electron chi connectivity index (χ4n) is 9.75. The van der Waals surface area contributed by atoms with E-state index >= 15 is 0 Å². The monoisotopic (exact) mass is 1280 g/mol. The number of hydrogen-bond donors (Lipinski definition) is 4. The SMILES string of the molecule is CCCCCCCC[N+](C)(C)Cc1ccccc1.C[N+](C)(C)C.O=C(Nc1ccc(-c2ccc(NC(=O)c3ccccc3)cc2C(=O)[O-])c(C(=O)[O-])c1)c1ccccc1.O=C(Nc1ccc(-c2ccc(NC(=O)c3ccccc3)cc2C(=O)[O-])c(C(=O)[O-])c1)c1ccccc1. The smallest absolute Gasteiger partial charge is 0.255 e. The first-order valence-corrected chi connectivity index (χ1v) is 30.8. The Hall–Kier alpha value is -11.3. The van der Waals surface area contributed by atoms with Gasteiger partial charge in [0, 0.05) is 72.8 Å². The molecule has 18 nitrogen and oxygen atoms in total. The highest BCUT2D eigenvalue weighted by atomic mass is 16.4. The summed E-state index contributed by atoms with van der Waals surface area (Å²) in [5.74, 6) is -8.03. The molecule has 0 atom stereocenters. The van der Waals surface area contributed by atoms with Crippen LogP contribution in [-0.2, 0) is 6.54 Å². The fraction of sp³-hybridized carbons (Fsp3) is 0.195. The summed E-state index contributed by atoms with van der Waals surface area (Å²) in [4.78, 5) is 97.3.